The molecule has 0 heterocycles. The second-order valence-corrected chi connectivity index (χ2v) is 6.41. The Kier molecular flexibility index (Phi) is 8.83. The smallest absolute Gasteiger partial charge is 0.330 e. The fourth-order valence-electron chi connectivity index (χ4n) is 1.86. The molecule has 0 saturated heterocycles. The third-order valence-corrected chi connectivity index (χ3v) is 4.40. The van der Waals surface area contributed by atoms with Crippen molar-refractivity contribution in [1.82, 2.24) is 0 Å². The fourth-order valence-corrected chi connectivity index (χ4v) is 2.70. The van der Waals surface area contributed by atoms with Gasteiger partial charge in [-0.05, 0) is 37.5 Å². The van der Waals surface area contributed by atoms with Crippen molar-refractivity contribution in [2.75, 3.05) is 7.11 Å². The molecule has 1 rings (SSSR count). The summed E-state index contributed by atoms with van der Waals surface area (Å²) < 4.78 is 16.5. The first-order chi connectivity index (χ1) is 11.0. The van der Waals surface area contributed by atoms with Gasteiger partial charge in [0.1, 0.15) is 0 Å². The van der Waals surface area contributed by atoms with Crippen LogP contribution in [0.25, 0.3) is 0 Å². The topological polar surface area (TPSA) is 60.4 Å². The zero-order valence-electron chi connectivity index (χ0n) is 13.4. The van der Waals surface area contributed by atoms with Gasteiger partial charge in [0.25, 0.3) is 0 Å². The Bertz CT molecular complexity index is 590. The van der Waals surface area contributed by atoms with Gasteiger partial charge < -0.3 is 4.74 Å². The van der Waals surface area contributed by atoms with Crippen molar-refractivity contribution in [3.63, 3.8) is 0 Å². The van der Waals surface area contributed by atoms with Crippen LogP contribution in [0.3, 0.4) is 0 Å². The zero-order chi connectivity index (χ0) is 17.1. The van der Waals surface area contributed by atoms with E-state index in [0.717, 1.165) is 6.42 Å². The largest absolute Gasteiger partial charge is 0.466 e. The van der Waals surface area contributed by atoms with Gasteiger partial charge in [-0.2, -0.15) is 0 Å². The number of rotatable bonds is 9. The summed E-state index contributed by atoms with van der Waals surface area (Å²) in [5, 5.41) is 1.44. The van der Waals surface area contributed by atoms with Gasteiger partial charge in [-0.3, -0.25) is 4.79 Å². The van der Waals surface area contributed by atoms with Gasteiger partial charge in [0.15, 0.2) is 5.78 Å². The average Bonchev–Trinajstić information content (AvgIpc) is 2.59. The summed E-state index contributed by atoms with van der Waals surface area (Å²) in [6, 6.07) is 9.01. The van der Waals surface area contributed by atoms with E-state index < -0.39 is 10.8 Å². The molecule has 0 spiro atoms. The van der Waals surface area contributed by atoms with Crippen molar-refractivity contribution in [2.45, 2.75) is 31.1 Å². The molecule has 124 valence electrons. The number of unbranched alkanes of at least 4 members (excludes halogenated alkanes) is 1. The number of ether oxygens (including phenoxy) is 1. The third-order valence-electron chi connectivity index (χ3n) is 3.28. The molecule has 1 aromatic carbocycles. The number of methoxy groups -OCH3 is 1. The van der Waals surface area contributed by atoms with Crippen LogP contribution in [0.2, 0.25) is 0 Å². The van der Waals surface area contributed by atoms with Gasteiger partial charge >= 0.3 is 5.97 Å². The minimum absolute atomic E-state index is 0.0359. The minimum Gasteiger partial charge on any atom is -0.466 e. The quantitative estimate of drug-likeness (QED) is 0.394. The summed E-state index contributed by atoms with van der Waals surface area (Å²) in [4.78, 5) is 23.5. The number of esters is 1. The number of ketones is 1. The first kappa shape index (κ1) is 19.0. The van der Waals surface area contributed by atoms with Crippen molar-refractivity contribution in [1.29, 1.82) is 0 Å². The van der Waals surface area contributed by atoms with Crippen molar-refractivity contribution >= 4 is 22.6 Å². The van der Waals surface area contributed by atoms with E-state index in [2.05, 4.69) is 4.74 Å². The molecule has 0 amide bonds. The maximum Gasteiger partial charge on any atom is 0.330 e. The highest BCUT2D eigenvalue weighted by Crippen LogP contribution is 2.12. The fraction of sp³-hybridized carbons (Fsp3) is 0.333. The molecule has 5 heteroatoms. The van der Waals surface area contributed by atoms with E-state index in [9.17, 15) is 13.8 Å². The van der Waals surface area contributed by atoms with Gasteiger partial charge in [-0.1, -0.05) is 31.2 Å². The SMILES string of the molecule is COC(=O)/C=C/CCCC(C)C(=O)/C=C/S(=O)c1ccccc1. The van der Waals surface area contributed by atoms with E-state index in [4.69, 9.17) is 0 Å². The summed E-state index contributed by atoms with van der Waals surface area (Å²) in [6.07, 6.45) is 6.76. The molecule has 1 aromatic rings. The Labute approximate surface area is 139 Å². The van der Waals surface area contributed by atoms with E-state index in [1.807, 2.05) is 25.1 Å². The highest BCUT2D eigenvalue weighted by atomic mass is 32.2. The van der Waals surface area contributed by atoms with Crippen LogP contribution in [-0.4, -0.2) is 23.1 Å². The predicted molar refractivity (Wildman–Crippen MR) is 91.2 cm³/mol. The molecule has 4 nitrogen and oxygen atoms in total. The van der Waals surface area contributed by atoms with Gasteiger partial charge in [-0.25, -0.2) is 9.00 Å². The minimum atomic E-state index is -1.30. The Morgan fingerprint density at radius 3 is 2.57 bits per heavy atom. The predicted octanol–water partition coefficient (Wildman–Crippen LogP) is 3.41. The first-order valence-corrected chi connectivity index (χ1v) is 8.68. The van der Waals surface area contributed by atoms with Crippen LogP contribution in [0, 0.1) is 5.92 Å². The van der Waals surface area contributed by atoms with Gasteiger partial charge in [0.2, 0.25) is 0 Å². The number of benzene rings is 1. The standard InChI is InChI=1S/C18H22O4S/c1-15(9-5-3-8-12-18(20)22-2)17(19)13-14-23(21)16-10-6-4-7-11-16/h4,6-8,10-15H,3,5,9H2,1-2H3/b12-8+,14-13+. The molecule has 0 aromatic heterocycles. The zero-order valence-corrected chi connectivity index (χ0v) is 14.3. The first-order valence-electron chi connectivity index (χ1n) is 7.46. The lowest BCUT2D eigenvalue weighted by Crippen LogP contribution is -2.07. The maximum absolute atomic E-state index is 12.0. The van der Waals surface area contributed by atoms with E-state index in [0.29, 0.717) is 17.7 Å². The lowest BCUT2D eigenvalue weighted by Gasteiger charge is -2.06. The van der Waals surface area contributed by atoms with Gasteiger partial charge in [-0.15, -0.1) is 0 Å². The molecular weight excluding hydrogens is 312 g/mol. The number of hydrogen-bond donors (Lipinski definition) is 0. The summed E-state index contributed by atoms with van der Waals surface area (Å²) in [7, 11) is 0.0328. The second kappa shape index (κ2) is 10.7. The molecule has 0 aliphatic heterocycles. The van der Waals surface area contributed by atoms with Gasteiger partial charge in [0, 0.05) is 22.3 Å². The number of hydrogen-bond acceptors (Lipinski definition) is 4. The highest BCUT2D eigenvalue weighted by Gasteiger charge is 2.09. The molecule has 0 N–H and O–H groups in total. The van der Waals surface area contributed by atoms with Crippen LogP contribution in [0.4, 0.5) is 0 Å². The summed E-state index contributed by atoms with van der Waals surface area (Å²) in [6.45, 7) is 1.85. The Morgan fingerprint density at radius 2 is 1.91 bits per heavy atom. The van der Waals surface area contributed by atoms with Crippen molar-refractivity contribution in [2.24, 2.45) is 5.92 Å². The number of allylic oxidation sites excluding steroid dienone is 2. The maximum atomic E-state index is 12.0. The van der Waals surface area contributed by atoms with Crippen LogP contribution in [0.1, 0.15) is 26.2 Å². The van der Waals surface area contributed by atoms with E-state index >= 15 is 0 Å². The molecule has 0 fully saturated rings. The van der Waals surface area contributed by atoms with Crippen molar-refractivity contribution in [3.8, 4) is 0 Å². The van der Waals surface area contributed by atoms with E-state index in [1.165, 1.54) is 24.7 Å². The van der Waals surface area contributed by atoms with Gasteiger partial charge in [0.05, 0.1) is 17.9 Å². The molecule has 2 atom stereocenters. The third kappa shape index (κ3) is 7.70. The number of carbonyl (C=O) groups is 2. The molecule has 2 unspecified atom stereocenters. The molecule has 0 aliphatic carbocycles. The monoisotopic (exact) mass is 334 g/mol. The molecule has 0 bridgehead atoms. The summed E-state index contributed by atoms with van der Waals surface area (Å²) in [5.41, 5.74) is 0. The number of carbonyl (C=O) groups excluding carboxylic acids is 2. The second-order valence-electron chi connectivity index (χ2n) is 5.07. The molecule has 0 aliphatic rings. The van der Waals surface area contributed by atoms with Crippen LogP contribution >= 0.6 is 0 Å². The van der Waals surface area contributed by atoms with Crippen LogP contribution in [0.5, 0.6) is 0 Å². The van der Waals surface area contributed by atoms with Crippen molar-refractivity contribution < 1.29 is 18.5 Å². The Hall–Kier alpha value is -2.01. The van der Waals surface area contributed by atoms with Crippen LogP contribution in [0.15, 0.2) is 58.9 Å². The van der Waals surface area contributed by atoms with Crippen LogP contribution in [-0.2, 0) is 25.1 Å². The molecule has 23 heavy (non-hydrogen) atoms. The van der Waals surface area contributed by atoms with Crippen molar-refractivity contribution in [3.05, 3.63) is 54.0 Å². The molecule has 0 saturated carbocycles. The van der Waals surface area contributed by atoms with E-state index in [1.54, 1.807) is 18.2 Å². The van der Waals surface area contributed by atoms with Crippen LogP contribution < -0.4 is 0 Å². The molecular formula is C18H22O4S. The lowest BCUT2D eigenvalue weighted by molar-refractivity contribution is -0.134. The average molecular weight is 334 g/mol. The van der Waals surface area contributed by atoms with E-state index in [-0.39, 0.29) is 17.7 Å². The lowest BCUT2D eigenvalue weighted by atomic mass is 9.99. The summed E-state index contributed by atoms with van der Waals surface area (Å²) >= 11 is 0. The molecule has 0 radical (unpaired) electrons. The Morgan fingerprint density at radius 1 is 1.22 bits per heavy atom. The summed E-state index contributed by atoms with van der Waals surface area (Å²) in [5.74, 6) is -0.544. The Balaban J connectivity index is 2.36. The normalized spacial score (nSPS) is 14.0. The highest BCUT2D eigenvalue weighted by molar-refractivity contribution is 7.88.